The number of carboxylic acids is 1. The van der Waals surface area contributed by atoms with E-state index in [2.05, 4.69) is 25.6 Å². The van der Waals surface area contributed by atoms with Crippen molar-refractivity contribution in [1.29, 1.82) is 0 Å². The number of pyridine rings is 1. The van der Waals surface area contributed by atoms with E-state index < -0.39 is 16.0 Å². The van der Waals surface area contributed by atoms with Gasteiger partial charge in [0, 0.05) is 10.7 Å². The number of hydrogen-bond donors (Lipinski definition) is 2. The molecule has 0 aliphatic heterocycles. The number of carbonyl (C=O) groups is 1. The van der Waals surface area contributed by atoms with Crippen LogP contribution in [0.5, 0.6) is 0 Å². The van der Waals surface area contributed by atoms with Crippen LogP contribution in [0, 0.1) is 6.92 Å². The summed E-state index contributed by atoms with van der Waals surface area (Å²) in [5.41, 5.74) is 0.573. The smallest absolute Gasteiger partial charge is 0.337 e. The van der Waals surface area contributed by atoms with E-state index in [1.54, 1.807) is 19.1 Å². The summed E-state index contributed by atoms with van der Waals surface area (Å²) in [6.45, 7) is 1.67. The summed E-state index contributed by atoms with van der Waals surface area (Å²) in [5.74, 6) is -1.18. The lowest BCUT2D eigenvalue weighted by Crippen LogP contribution is -2.15. The molecule has 1 heterocycles. The number of aryl methyl sites for hydroxylation is 1. The Morgan fingerprint density at radius 3 is 2.67 bits per heavy atom. The van der Waals surface area contributed by atoms with Crippen LogP contribution in [0.25, 0.3) is 0 Å². The Hall–Kier alpha value is -1.93. The van der Waals surface area contributed by atoms with Gasteiger partial charge in [-0.1, -0.05) is 22.0 Å². The zero-order valence-electron chi connectivity index (χ0n) is 10.9. The van der Waals surface area contributed by atoms with Crippen LogP contribution in [-0.4, -0.2) is 24.5 Å². The van der Waals surface area contributed by atoms with Crippen LogP contribution in [0.4, 0.5) is 5.69 Å². The summed E-state index contributed by atoms with van der Waals surface area (Å²) < 4.78 is 27.7. The van der Waals surface area contributed by atoms with Crippen LogP contribution in [0.1, 0.15) is 15.9 Å². The van der Waals surface area contributed by atoms with Crippen molar-refractivity contribution in [3.05, 3.63) is 52.3 Å². The largest absolute Gasteiger partial charge is 0.478 e. The van der Waals surface area contributed by atoms with Gasteiger partial charge < -0.3 is 5.11 Å². The maximum Gasteiger partial charge on any atom is 0.337 e. The van der Waals surface area contributed by atoms with Crippen LogP contribution in [0.3, 0.4) is 0 Å². The number of halogens is 1. The second-order valence-electron chi connectivity index (χ2n) is 4.28. The molecule has 0 fully saturated rings. The lowest BCUT2D eigenvalue weighted by atomic mass is 10.2. The molecule has 0 saturated heterocycles. The van der Waals surface area contributed by atoms with Crippen LogP contribution >= 0.6 is 15.9 Å². The molecule has 2 N–H and O–H groups in total. The third-order valence-electron chi connectivity index (χ3n) is 2.68. The third-order valence-corrected chi connectivity index (χ3v) is 4.69. The van der Waals surface area contributed by atoms with Gasteiger partial charge in [0.15, 0.2) is 0 Å². The molecule has 1 aromatic heterocycles. The minimum atomic E-state index is -3.82. The third kappa shape index (κ3) is 3.59. The summed E-state index contributed by atoms with van der Waals surface area (Å²) >= 11 is 3.22. The van der Waals surface area contributed by atoms with Gasteiger partial charge in [-0.25, -0.2) is 13.2 Å². The second kappa shape index (κ2) is 5.82. The highest BCUT2D eigenvalue weighted by Gasteiger charge is 2.18. The number of sulfonamides is 1. The van der Waals surface area contributed by atoms with E-state index in [1.165, 1.54) is 18.3 Å². The number of aromatic carboxylic acids is 1. The number of rotatable bonds is 4. The quantitative estimate of drug-likeness (QED) is 0.862. The molecule has 0 amide bonds. The van der Waals surface area contributed by atoms with E-state index in [4.69, 9.17) is 5.11 Å². The number of aromatic nitrogens is 1. The van der Waals surface area contributed by atoms with E-state index >= 15 is 0 Å². The topological polar surface area (TPSA) is 96.4 Å². The normalized spacial score (nSPS) is 11.1. The van der Waals surface area contributed by atoms with Crippen LogP contribution in [0.15, 0.2) is 46.0 Å². The second-order valence-corrected chi connectivity index (χ2v) is 6.85. The molecule has 2 rings (SSSR count). The number of nitrogens with zero attached hydrogens (tertiary/aromatic N) is 1. The summed E-state index contributed by atoms with van der Waals surface area (Å²) in [5, 5.41) is 8.88. The first-order valence-electron chi connectivity index (χ1n) is 5.77. The van der Waals surface area contributed by atoms with Crippen molar-refractivity contribution in [3.63, 3.8) is 0 Å². The molecule has 21 heavy (non-hydrogen) atoms. The van der Waals surface area contributed by atoms with Gasteiger partial charge in [-0.15, -0.1) is 0 Å². The number of carboxylic acid groups (broad SMARTS) is 1. The molecule has 0 aliphatic carbocycles. The first-order valence-corrected chi connectivity index (χ1v) is 8.04. The van der Waals surface area contributed by atoms with Crippen molar-refractivity contribution in [2.24, 2.45) is 0 Å². The van der Waals surface area contributed by atoms with Crippen LogP contribution in [0.2, 0.25) is 0 Å². The average molecular weight is 371 g/mol. The molecule has 1 aromatic carbocycles. The highest BCUT2D eigenvalue weighted by atomic mass is 79.9. The summed E-state index contributed by atoms with van der Waals surface area (Å²) in [7, 11) is -3.82. The summed E-state index contributed by atoms with van der Waals surface area (Å²) in [6, 6.07) is 6.10. The first kappa shape index (κ1) is 15.5. The van der Waals surface area contributed by atoms with Crippen molar-refractivity contribution in [3.8, 4) is 0 Å². The average Bonchev–Trinajstić information content (AvgIpc) is 2.41. The van der Waals surface area contributed by atoms with Gasteiger partial charge in [0.1, 0.15) is 0 Å². The molecule has 0 unspecified atom stereocenters. The summed E-state index contributed by atoms with van der Waals surface area (Å²) in [6.07, 6.45) is 2.39. The van der Waals surface area contributed by atoms with Crippen LogP contribution < -0.4 is 4.72 Å². The molecule has 0 radical (unpaired) electrons. The van der Waals surface area contributed by atoms with E-state index in [-0.39, 0.29) is 16.1 Å². The van der Waals surface area contributed by atoms with Gasteiger partial charge in [0.25, 0.3) is 10.0 Å². The Labute approximate surface area is 130 Å². The lowest BCUT2D eigenvalue weighted by molar-refractivity contribution is 0.0696. The SMILES string of the molecule is Cc1ccc(Br)cc1S(=O)(=O)Nc1cncc(C(=O)O)c1. The first-order chi connectivity index (χ1) is 9.79. The molecule has 0 bridgehead atoms. The molecule has 6 nitrogen and oxygen atoms in total. The van der Waals surface area contributed by atoms with E-state index in [9.17, 15) is 13.2 Å². The van der Waals surface area contributed by atoms with Crippen molar-refractivity contribution < 1.29 is 18.3 Å². The standard InChI is InChI=1S/C13H11BrN2O4S/c1-8-2-3-10(14)5-12(8)21(19,20)16-11-4-9(13(17)18)6-15-7-11/h2-7,16H,1H3,(H,17,18). The van der Waals surface area contributed by atoms with Crippen molar-refractivity contribution in [2.75, 3.05) is 4.72 Å². The predicted octanol–water partition coefficient (Wildman–Crippen LogP) is 2.65. The molecule has 0 atom stereocenters. The Morgan fingerprint density at radius 2 is 2.00 bits per heavy atom. The van der Waals surface area contributed by atoms with Gasteiger partial charge >= 0.3 is 5.97 Å². The Balaban J connectivity index is 2.40. The predicted molar refractivity (Wildman–Crippen MR) is 80.9 cm³/mol. The maximum absolute atomic E-state index is 12.3. The molecule has 0 aliphatic rings. The van der Waals surface area contributed by atoms with Crippen molar-refractivity contribution in [1.82, 2.24) is 4.98 Å². The Bertz CT molecular complexity index is 806. The lowest BCUT2D eigenvalue weighted by Gasteiger charge is -2.10. The van der Waals surface area contributed by atoms with Gasteiger partial charge in [-0.3, -0.25) is 9.71 Å². The number of anilines is 1. The van der Waals surface area contributed by atoms with Crippen molar-refractivity contribution in [2.45, 2.75) is 11.8 Å². The Morgan fingerprint density at radius 1 is 1.29 bits per heavy atom. The van der Waals surface area contributed by atoms with Crippen molar-refractivity contribution >= 4 is 37.6 Å². The monoisotopic (exact) mass is 370 g/mol. The highest BCUT2D eigenvalue weighted by Crippen LogP contribution is 2.23. The fourth-order valence-corrected chi connectivity index (χ4v) is 3.50. The maximum atomic E-state index is 12.3. The zero-order chi connectivity index (χ0) is 15.6. The molecule has 110 valence electrons. The van der Waals surface area contributed by atoms with E-state index in [0.29, 0.717) is 10.0 Å². The fourth-order valence-electron chi connectivity index (χ4n) is 1.69. The van der Waals surface area contributed by atoms with Gasteiger partial charge in [-0.05, 0) is 30.7 Å². The van der Waals surface area contributed by atoms with Gasteiger partial charge in [-0.2, -0.15) is 0 Å². The molecular formula is C13H11BrN2O4S. The molecular weight excluding hydrogens is 360 g/mol. The number of hydrogen-bond acceptors (Lipinski definition) is 4. The minimum Gasteiger partial charge on any atom is -0.478 e. The molecule has 2 aromatic rings. The number of benzene rings is 1. The van der Waals surface area contributed by atoms with E-state index in [1.807, 2.05) is 0 Å². The van der Waals surface area contributed by atoms with Crippen LogP contribution in [-0.2, 0) is 10.0 Å². The molecule has 8 heteroatoms. The fraction of sp³-hybridized carbons (Fsp3) is 0.0769. The zero-order valence-corrected chi connectivity index (χ0v) is 13.3. The van der Waals surface area contributed by atoms with Gasteiger partial charge in [0.2, 0.25) is 0 Å². The summed E-state index contributed by atoms with van der Waals surface area (Å²) in [4.78, 5) is 14.7. The molecule has 0 saturated carbocycles. The minimum absolute atomic E-state index is 0.0919. The molecule has 0 spiro atoms. The Kier molecular flexibility index (Phi) is 4.29. The van der Waals surface area contributed by atoms with E-state index in [0.717, 1.165) is 6.20 Å². The highest BCUT2D eigenvalue weighted by molar-refractivity contribution is 9.10. The number of nitrogens with one attached hydrogen (secondary N) is 1. The van der Waals surface area contributed by atoms with Gasteiger partial charge in [0.05, 0.1) is 22.3 Å².